The van der Waals surface area contributed by atoms with Crippen molar-refractivity contribution in [2.75, 3.05) is 7.11 Å². The quantitative estimate of drug-likeness (QED) is 0.267. The minimum Gasteiger partial charge on any atom is -0.493 e. The molecule has 0 bridgehead atoms. The van der Waals surface area contributed by atoms with Gasteiger partial charge in [-0.3, -0.25) is 4.99 Å². The fourth-order valence-electron chi connectivity index (χ4n) is 2.52. The Morgan fingerprint density at radius 3 is 2.33 bits per heavy atom. The molecule has 0 N–H and O–H groups in total. The number of halogens is 3. The molecule has 0 saturated heterocycles. The second-order valence-corrected chi connectivity index (χ2v) is 9.49. The average Bonchev–Trinajstić information content (AvgIpc) is 2.70. The van der Waals surface area contributed by atoms with Crippen molar-refractivity contribution in [3.05, 3.63) is 80.2 Å². The highest BCUT2D eigenvalue weighted by molar-refractivity contribution is 9.10. The van der Waals surface area contributed by atoms with Gasteiger partial charge in [0.15, 0.2) is 11.5 Å². The van der Waals surface area contributed by atoms with E-state index in [2.05, 4.69) is 20.9 Å². The molecule has 0 heterocycles. The van der Waals surface area contributed by atoms with Crippen LogP contribution in [0.3, 0.4) is 0 Å². The molecule has 3 rings (SSSR count). The zero-order valence-corrected chi connectivity index (χ0v) is 19.8. The molecule has 5 nitrogen and oxygen atoms in total. The van der Waals surface area contributed by atoms with Gasteiger partial charge in [-0.25, -0.2) is 0 Å². The van der Waals surface area contributed by atoms with Gasteiger partial charge >= 0.3 is 10.1 Å². The summed E-state index contributed by atoms with van der Waals surface area (Å²) >= 11 is 15.2. The lowest BCUT2D eigenvalue weighted by Gasteiger charge is -2.13. The molecule has 30 heavy (non-hydrogen) atoms. The van der Waals surface area contributed by atoms with Gasteiger partial charge in [0.1, 0.15) is 4.90 Å². The molecular weight excluding hydrogens is 513 g/mol. The maximum Gasteiger partial charge on any atom is 0.339 e. The zero-order valence-electron chi connectivity index (χ0n) is 15.9. The summed E-state index contributed by atoms with van der Waals surface area (Å²) in [4.78, 5) is 4.43. The summed E-state index contributed by atoms with van der Waals surface area (Å²) in [6.07, 6.45) is 1.63. The fraction of sp³-hybridized carbons (Fsp3) is 0.0952. The number of nitrogens with zero attached hydrogens (tertiary/aromatic N) is 1. The molecule has 0 unspecified atom stereocenters. The minimum atomic E-state index is -4.08. The summed E-state index contributed by atoms with van der Waals surface area (Å²) in [5, 5.41) is 1.01. The van der Waals surface area contributed by atoms with Crippen LogP contribution in [0.25, 0.3) is 0 Å². The highest BCUT2D eigenvalue weighted by Crippen LogP contribution is 2.38. The molecular formula is C21H16BrCl2NO4S. The van der Waals surface area contributed by atoms with Crippen LogP contribution in [0.4, 0.5) is 5.69 Å². The zero-order chi connectivity index (χ0) is 21.9. The van der Waals surface area contributed by atoms with Crippen molar-refractivity contribution in [1.82, 2.24) is 0 Å². The third kappa shape index (κ3) is 5.35. The first-order valence-corrected chi connectivity index (χ1v) is 11.5. The number of aryl methyl sites for hydroxylation is 1. The van der Waals surface area contributed by atoms with Crippen molar-refractivity contribution < 1.29 is 17.3 Å². The Hall–Kier alpha value is -2.06. The van der Waals surface area contributed by atoms with Crippen molar-refractivity contribution in [1.29, 1.82) is 0 Å². The van der Waals surface area contributed by atoms with E-state index in [9.17, 15) is 8.42 Å². The van der Waals surface area contributed by atoms with Gasteiger partial charge < -0.3 is 8.92 Å². The monoisotopic (exact) mass is 527 g/mol. The molecule has 0 aromatic heterocycles. The lowest BCUT2D eigenvalue weighted by molar-refractivity contribution is 0.389. The maximum atomic E-state index is 12.6. The van der Waals surface area contributed by atoms with Gasteiger partial charge in [-0.2, -0.15) is 8.42 Å². The fourth-order valence-corrected chi connectivity index (χ4v) is 4.42. The van der Waals surface area contributed by atoms with Crippen LogP contribution in [0.1, 0.15) is 11.1 Å². The van der Waals surface area contributed by atoms with Gasteiger partial charge in [-0.15, -0.1) is 0 Å². The second-order valence-electron chi connectivity index (χ2n) is 6.21. The first-order chi connectivity index (χ1) is 14.2. The molecule has 9 heteroatoms. The summed E-state index contributed by atoms with van der Waals surface area (Å²) in [7, 11) is -2.66. The van der Waals surface area contributed by atoms with Gasteiger partial charge in [-0.1, -0.05) is 29.3 Å². The largest absolute Gasteiger partial charge is 0.493 e. The molecule has 0 saturated carbocycles. The van der Waals surface area contributed by atoms with Gasteiger partial charge in [0.05, 0.1) is 17.3 Å². The van der Waals surface area contributed by atoms with Crippen LogP contribution >= 0.6 is 39.1 Å². The Kier molecular flexibility index (Phi) is 7.08. The SMILES string of the molecule is COc1cc(C=Nc2cc(Cl)ccc2C)cc(Br)c1OS(=O)(=O)c1ccc(Cl)cc1. The molecule has 0 amide bonds. The van der Waals surface area contributed by atoms with Gasteiger partial charge in [0.25, 0.3) is 0 Å². The first kappa shape index (κ1) is 22.6. The van der Waals surface area contributed by atoms with E-state index in [-0.39, 0.29) is 16.4 Å². The number of rotatable bonds is 6. The Morgan fingerprint density at radius 2 is 1.67 bits per heavy atom. The van der Waals surface area contributed by atoms with E-state index in [1.54, 1.807) is 30.5 Å². The Labute approximate surface area is 193 Å². The van der Waals surface area contributed by atoms with Crippen molar-refractivity contribution in [2.45, 2.75) is 11.8 Å². The molecule has 0 aliphatic rings. The van der Waals surface area contributed by atoms with Crippen molar-refractivity contribution in [3.63, 3.8) is 0 Å². The highest BCUT2D eigenvalue weighted by atomic mass is 79.9. The number of methoxy groups -OCH3 is 1. The van der Waals surface area contributed by atoms with E-state index >= 15 is 0 Å². The van der Waals surface area contributed by atoms with Crippen molar-refractivity contribution in [2.24, 2.45) is 4.99 Å². The molecule has 0 aliphatic heterocycles. The van der Waals surface area contributed by atoms with E-state index in [0.29, 0.717) is 20.1 Å². The first-order valence-electron chi connectivity index (χ1n) is 8.57. The summed E-state index contributed by atoms with van der Waals surface area (Å²) in [5.74, 6) is 0.259. The Bertz CT molecular complexity index is 1210. The molecule has 3 aromatic carbocycles. The molecule has 156 valence electrons. The molecule has 0 atom stereocenters. The normalized spacial score (nSPS) is 11.6. The highest BCUT2D eigenvalue weighted by Gasteiger charge is 2.22. The Morgan fingerprint density at radius 1 is 1.00 bits per heavy atom. The topological polar surface area (TPSA) is 65.0 Å². The summed E-state index contributed by atoms with van der Waals surface area (Å²) < 4.78 is 36.3. The standard InChI is InChI=1S/C21H16BrCl2NO4S/c1-13-3-4-16(24)11-19(13)25-12-14-9-18(22)21(20(10-14)28-2)29-30(26,27)17-7-5-15(23)6-8-17/h3-12H,1-2H3. The van der Waals surface area contributed by atoms with Crippen LogP contribution < -0.4 is 8.92 Å². The van der Waals surface area contributed by atoms with Crippen LogP contribution in [-0.4, -0.2) is 21.7 Å². The predicted octanol–water partition coefficient (Wildman–Crippen LogP) is 6.59. The van der Waals surface area contributed by atoms with Crippen LogP contribution in [0, 0.1) is 6.92 Å². The average molecular weight is 529 g/mol. The number of ether oxygens (including phenoxy) is 1. The van der Waals surface area contributed by atoms with Crippen LogP contribution in [0.2, 0.25) is 10.0 Å². The van der Waals surface area contributed by atoms with Crippen molar-refractivity contribution >= 4 is 61.2 Å². The summed E-state index contributed by atoms with van der Waals surface area (Å²) in [5.41, 5.74) is 2.37. The van der Waals surface area contributed by atoms with E-state index in [1.165, 1.54) is 31.4 Å². The van der Waals surface area contributed by atoms with Crippen molar-refractivity contribution in [3.8, 4) is 11.5 Å². The number of benzene rings is 3. The summed E-state index contributed by atoms with van der Waals surface area (Å²) in [6.45, 7) is 1.93. The Balaban J connectivity index is 1.93. The molecule has 0 radical (unpaired) electrons. The number of hydrogen-bond donors (Lipinski definition) is 0. The van der Waals surface area contributed by atoms with Crippen LogP contribution in [-0.2, 0) is 10.1 Å². The predicted molar refractivity (Wildman–Crippen MR) is 123 cm³/mol. The van der Waals surface area contributed by atoms with E-state index in [0.717, 1.165) is 11.3 Å². The lowest BCUT2D eigenvalue weighted by Crippen LogP contribution is -2.11. The number of aliphatic imine (C=N–C) groups is 1. The lowest BCUT2D eigenvalue weighted by atomic mass is 10.2. The number of hydrogen-bond acceptors (Lipinski definition) is 5. The maximum absolute atomic E-state index is 12.6. The third-order valence-electron chi connectivity index (χ3n) is 4.07. The van der Waals surface area contributed by atoms with Crippen LogP contribution in [0.5, 0.6) is 11.5 Å². The summed E-state index contributed by atoms with van der Waals surface area (Å²) in [6, 6.07) is 14.4. The molecule has 0 aliphatic carbocycles. The molecule has 0 spiro atoms. The van der Waals surface area contributed by atoms with E-state index in [4.69, 9.17) is 32.1 Å². The van der Waals surface area contributed by atoms with E-state index < -0.39 is 10.1 Å². The molecule has 3 aromatic rings. The van der Waals surface area contributed by atoms with E-state index in [1.807, 2.05) is 13.0 Å². The molecule has 0 fully saturated rings. The smallest absolute Gasteiger partial charge is 0.339 e. The third-order valence-corrected chi connectivity index (χ3v) is 6.38. The van der Waals surface area contributed by atoms with Crippen LogP contribution in [0.15, 0.2) is 69.0 Å². The van der Waals surface area contributed by atoms with Gasteiger partial charge in [0.2, 0.25) is 0 Å². The van der Waals surface area contributed by atoms with Gasteiger partial charge in [-0.05, 0) is 82.5 Å². The minimum absolute atomic E-state index is 0.0251. The second kappa shape index (κ2) is 9.39. The van der Waals surface area contributed by atoms with Gasteiger partial charge in [0, 0.05) is 16.3 Å².